The first-order chi connectivity index (χ1) is 5.70. The summed E-state index contributed by atoms with van der Waals surface area (Å²) in [4.78, 5) is 0. The molecule has 72 valence electrons. The van der Waals surface area contributed by atoms with Crippen molar-refractivity contribution in [1.82, 2.24) is 0 Å². The molecule has 2 rings (SSSR count). The fourth-order valence-corrected chi connectivity index (χ4v) is 2.17. The molecule has 0 saturated heterocycles. The van der Waals surface area contributed by atoms with Crippen molar-refractivity contribution in [3.05, 3.63) is 23.4 Å². The van der Waals surface area contributed by atoms with Crippen LogP contribution >= 0.6 is 0 Å². The highest BCUT2D eigenvalue weighted by Gasteiger charge is 2.31. The lowest BCUT2D eigenvalue weighted by Crippen LogP contribution is -2.26. The van der Waals surface area contributed by atoms with Gasteiger partial charge in [-0.05, 0) is 13.8 Å². The minimum absolute atomic E-state index is 0. The molecule has 0 aromatic carbocycles. The van der Waals surface area contributed by atoms with Crippen molar-refractivity contribution < 1.29 is 4.58 Å². The van der Waals surface area contributed by atoms with Crippen LogP contribution in [0.5, 0.6) is 0 Å². The molecule has 1 heteroatoms. The van der Waals surface area contributed by atoms with Crippen molar-refractivity contribution >= 4 is 5.71 Å². The van der Waals surface area contributed by atoms with Gasteiger partial charge in [-0.15, -0.1) is 0 Å². The summed E-state index contributed by atoms with van der Waals surface area (Å²) >= 11 is 0. The summed E-state index contributed by atoms with van der Waals surface area (Å²) in [6.07, 6.45) is 6.92. The van der Waals surface area contributed by atoms with Gasteiger partial charge in [0.15, 0.2) is 17.5 Å². The van der Waals surface area contributed by atoms with Crippen LogP contribution in [-0.4, -0.2) is 16.3 Å². The quantitative estimate of drug-likeness (QED) is 0.501. The maximum absolute atomic E-state index is 2.48. The molecule has 0 fully saturated rings. The average Bonchev–Trinajstić information content (AvgIpc) is 2.29. The van der Waals surface area contributed by atoms with Gasteiger partial charge in [-0.1, -0.05) is 13.5 Å². The highest BCUT2D eigenvalue weighted by molar-refractivity contribution is 5.94. The van der Waals surface area contributed by atoms with Gasteiger partial charge in [0.1, 0.15) is 0 Å². The molecule has 1 nitrogen and oxygen atoms in total. The van der Waals surface area contributed by atoms with Crippen LogP contribution < -0.4 is 0 Å². The highest BCUT2D eigenvalue weighted by atomic mass is 15.1. The second-order valence-electron chi connectivity index (χ2n) is 3.89. The molecule has 0 bridgehead atoms. The van der Waals surface area contributed by atoms with Gasteiger partial charge >= 0.3 is 0 Å². The van der Waals surface area contributed by atoms with Crippen molar-refractivity contribution in [2.75, 3.05) is 0 Å². The van der Waals surface area contributed by atoms with Gasteiger partial charge in [-0.2, -0.15) is 4.58 Å². The van der Waals surface area contributed by atoms with Crippen molar-refractivity contribution in [2.45, 2.75) is 47.1 Å². The summed E-state index contributed by atoms with van der Waals surface area (Å²) in [6.45, 7) is 6.77. The number of nitrogens with zero attached hydrogens (tertiary/aromatic N) is 1. The Balaban J connectivity index is 0.000000845. The van der Waals surface area contributed by atoms with E-state index in [1.807, 2.05) is 0 Å². The molecule has 0 spiro atoms. The fraction of sp³-hybridized carbons (Fsp3) is 0.583. The summed E-state index contributed by atoms with van der Waals surface area (Å²) in [7, 11) is 0. The molecule has 1 unspecified atom stereocenters. The molecule has 0 saturated carbocycles. The molecule has 0 aliphatic carbocycles. The fourth-order valence-electron chi connectivity index (χ4n) is 2.17. The zero-order valence-corrected chi connectivity index (χ0v) is 8.09. The van der Waals surface area contributed by atoms with E-state index in [-0.39, 0.29) is 7.43 Å². The molecule has 0 N–H and O–H groups in total. The Morgan fingerprint density at radius 2 is 2.08 bits per heavy atom. The van der Waals surface area contributed by atoms with Crippen LogP contribution in [0, 0.1) is 0 Å². The number of hydrogen-bond acceptors (Lipinski definition) is 0. The third-order valence-corrected chi connectivity index (χ3v) is 2.96. The van der Waals surface area contributed by atoms with Crippen LogP contribution in [0.3, 0.4) is 0 Å². The first kappa shape index (κ1) is 10.2. The van der Waals surface area contributed by atoms with Gasteiger partial charge in [-0.25, -0.2) is 0 Å². The van der Waals surface area contributed by atoms with Crippen LogP contribution in [0.1, 0.15) is 41.0 Å². The molecule has 2 heterocycles. The number of hydrogen-bond donors (Lipinski definition) is 0. The molecule has 0 aromatic heterocycles. The van der Waals surface area contributed by atoms with Gasteiger partial charge in [0.2, 0.25) is 0 Å². The molecule has 0 radical (unpaired) electrons. The van der Waals surface area contributed by atoms with Crippen LogP contribution in [0.2, 0.25) is 0 Å². The molecular formula is C12H20N+. The topological polar surface area (TPSA) is 3.01 Å². The zero-order valence-electron chi connectivity index (χ0n) is 8.09. The van der Waals surface area contributed by atoms with Crippen LogP contribution in [0.15, 0.2) is 23.4 Å². The van der Waals surface area contributed by atoms with Gasteiger partial charge in [0, 0.05) is 25.0 Å². The van der Waals surface area contributed by atoms with E-state index in [2.05, 4.69) is 37.5 Å². The first-order valence-electron chi connectivity index (χ1n) is 4.68. The van der Waals surface area contributed by atoms with Gasteiger partial charge in [0.05, 0.1) is 6.42 Å². The monoisotopic (exact) mass is 178 g/mol. The van der Waals surface area contributed by atoms with E-state index in [9.17, 15) is 0 Å². The predicted octanol–water partition coefficient (Wildman–Crippen LogP) is 3.12. The summed E-state index contributed by atoms with van der Waals surface area (Å²) in [5, 5.41) is 0. The lowest BCUT2D eigenvalue weighted by Gasteiger charge is -2.12. The van der Waals surface area contributed by atoms with E-state index in [1.165, 1.54) is 23.4 Å². The van der Waals surface area contributed by atoms with Gasteiger partial charge in [-0.3, -0.25) is 0 Å². The molecule has 0 aromatic rings. The summed E-state index contributed by atoms with van der Waals surface area (Å²) in [6, 6.07) is 0.669. The number of allylic oxidation sites excluding steroid dienone is 3. The lowest BCUT2D eigenvalue weighted by molar-refractivity contribution is -0.512. The summed E-state index contributed by atoms with van der Waals surface area (Å²) < 4.78 is 2.48. The van der Waals surface area contributed by atoms with Crippen molar-refractivity contribution in [3.8, 4) is 0 Å². The van der Waals surface area contributed by atoms with E-state index >= 15 is 0 Å². The van der Waals surface area contributed by atoms with Crippen LogP contribution in [0.4, 0.5) is 0 Å². The highest BCUT2D eigenvalue weighted by Crippen LogP contribution is 2.24. The van der Waals surface area contributed by atoms with Crippen molar-refractivity contribution in [1.29, 1.82) is 0 Å². The first-order valence-corrected chi connectivity index (χ1v) is 4.68. The Labute approximate surface area is 81.5 Å². The largest absolute Gasteiger partial charge is 0.197 e. The van der Waals surface area contributed by atoms with E-state index in [0.29, 0.717) is 6.04 Å². The predicted molar refractivity (Wildman–Crippen MR) is 58.2 cm³/mol. The SMILES string of the molecule is C.CC1=C(C)[N+]2=C(C=CCC2C)C1. The number of rotatable bonds is 0. The Bertz CT molecular complexity index is 305. The zero-order chi connectivity index (χ0) is 8.72. The van der Waals surface area contributed by atoms with Crippen LogP contribution in [0.25, 0.3) is 0 Å². The second kappa shape index (κ2) is 3.49. The molecule has 2 aliphatic heterocycles. The molecular weight excluding hydrogens is 158 g/mol. The Morgan fingerprint density at radius 1 is 1.38 bits per heavy atom. The maximum atomic E-state index is 2.48. The normalized spacial score (nSPS) is 26.2. The van der Waals surface area contributed by atoms with Crippen molar-refractivity contribution in [3.63, 3.8) is 0 Å². The second-order valence-corrected chi connectivity index (χ2v) is 3.89. The minimum Gasteiger partial charge on any atom is -0.197 e. The standard InChI is InChI=1S/C11H16N.CH4/c1-8-7-11-6-4-5-9(2)12(11)10(8)3;/h4,6,9H,5,7H2,1-3H3;1H4/q+1;. The average molecular weight is 178 g/mol. The third-order valence-electron chi connectivity index (χ3n) is 2.96. The van der Waals surface area contributed by atoms with E-state index in [1.54, 1.807) is 0 Å². The third kappa shape index (κ3) is 1.48. The minimum atomic E-state index is 0. The van der Waals surface area contributed by atoms with Gasteiger partial charge in [0.25, 0.3) is 0 Å². The maximum Gasteiger partial charge on any atom is 0.185 e. The van der Waals surface area contributed by atoms with Crippen LogP contribution in [-0.2, 0) is 0 Å². The Kier molecular flexibility index (Phi) is 2.74. The van der Waals surface area contributed by atoms with E-state index in [4.69, 9.17) is 0 Å². The summed E-state index contributed by atoms with van der Waals surface area (Å²) in [5.41, 5.74) is 4.49. The Hall–Kier alpha value is -0.850. The molecule has 1 atom stereocenters. The molecule has 13 heavy (non-hydrogen) atoms. The lowest BCUT2D eigenvalue weighted by atomic mass is 10.1. The Morgan fingerprint density at radius 3 is 2.69 bits per heavy atom. The molecule has 2 aliphatic rings. The summed E-state index contributed by atoms with van der Waals surface area (Å²) in [5.74, 6) is 0. The van der Waals surface area contributed by atoms with E-state index in [0.717, 1.165) is 6.42 Å². The smallest absolute Gasteiger partial charge is 0.185 e. The van der Waals surface area contributed by atoms with Crippen molar-refractivity contribution in [2.24, 2.45) is 0 Å². The molecule has 0 amide bonds. The van der Waals surface area contributed by atoms with Gasteiger partial charge < -0.3 is 0 Å². The van der Waals surface area contributed by atoms with E-state index < -0.39 is 0 Å².